The molecule has 7 heteroatoms. The summed E-state index contributed by atoms with van der Waals surface area (Å²) in [4.78, 5) is 18.4. The van der Waals surface area contributed by atoms with E-state index in [4.69, 9.17) is 9.15 Å². The van der Waals surface area contributed by atoms with Crippen LogP contribution in [0.2, 0.25) is 0 Å². The predicted molar refractivity (Wildman–Crippen MR) is 83.4 cm³/mol. The molecule has 0 radical (unpaired) electrons. The largest absolute Gasteiger partial charge is 0.462 e. The number of morpholine rings is 1. The molecular formula is C14H16N2O3S2. The number of carbonyl (C=O) groups is 1. The van der Waals surface area contributed by atoms with Gasteiger partial charge in [0.25, 0.3) is 0 Å². The molecule has 3 rings (SSSR count). The lowest BCUT2D eigenvalue weighted by Gasteiger charge is -2.26. The van der Waals surface area contributed by atoms with Crippen LogP contribution in [0.5, 0.6) is 0 Å². The average molecular weight is 324 g/mol. The molecule has 0 unspecified atom stereocenters. The van der Waals surface area contributed by atoms with Crippen LogP contribution >= 0.6 is 23.1 Å². The van der Waals surface area contributed by atoms with E-state index in [2.05, 4.69) is 4.98 Å². The van der Waals surface area contributed by atoms with E-state index in [0.29, 0.717) is 32.1 Å². The Balaban J connectivity index is 1.46. The van der Waals surface area contributed by atoms with Crippen LogP contribution in [0, 0.1) is 0 Å². The number of amides is 1. The Morgan fingerprint density at radius 2 is 2.29 bits per heavy atom. The lowest BCUT2D eigenvalue weighted by Crippen LogP contribution is -2.41. The first kappa shape index (κ1) is 14.6. The zero-order valence-corrected chi connectivity index (χ0v) is 13.1. The fraction of sp³-hybridized carbons (Fsp3) is 0.429. The second kappa shape index (κ2) is 7.11. The minimum Gasteiger partial charge on any atom is -0.462 e. The molecule has 1 aliphatic heterocycles. The van der Waals surface area contributed by atoms with Crippen molar-refractivity contribution in [3.63, 3.8) is 0 Å². The van der Waals surface area contributed by atoms with Gasteiger partial charge in [-0.1, -0.05) is 0 Å². The molecular weight excluding hydrogens is 308 g/mol. The van der Waals surface area contributed by atoms with Gasteiger partial charge in [0.15, 0.2) is 10.8 Å². The summed E-state index contributed by atoms with van der Waals surface area (Å²) in [5, 5.41) is 2.90. The van der Waals surface area contributed by atoms with Crippen LogP contribution in [0.4, 0.5) is 0 Å². The van der Waals surface area contributed by atoms with E-state index in [1.165, 1.54) is 0 Å². The quantitative estimate of drug-likeness (QED) is 0.846. The van der Waals surface area contributed by atoms with Crippen molar-refractivity contribution in [2.75, 3.05) is 32.1 Å². The second-order valence-electron chi connectivity index (χ2n) is 4.61. The zero-order valence-electron chi connectivity index (χ0n) is 11.5. The number of furan rings is 1. The SMILES string of the molecule is O=C(CSCc1csc(-c2ccco2)n1)N1CCOCC1. The summed E-state index contributed by atoms with van der Waals surface area (Å²) in [7, 11) is 0. The van der Waals surface area contributed by atoms with Gasteiger partial charge in [0, 0.05) is 24.2 Å². The van der Waals surface area contributed by atoms with Crippen LogP contribution in [0.1, 0.15) is 5.69 Å². The van der Waals surface area contributed by atoms with Crippen molar-refractivity contribution in [1.82, 2.24) is 9.88 Å². The van der Waals surface area contributed by atoms with Gasteiger partial charge in [-0.2, -0.15) is 0 Å². The van der Waals surface area contributed by atoms with Gasteiger partial charge in [-0.05, 0) is 12.1 Å². The van der Waals surface area contributed by atoms with Crippen molar-refractivity contribution >= 4 is 29.0 Å². The third kappa shape index (κ3) is 3.87. The Kier molecular flexibility index (Phi) is 4.95. The predicted octanol–water partition coefficient (Wildman–Crippen LogP) is 2.50. The van der Waals surface area contributed by atoms with Gasteiger partial charge >= 0.3 is 0 Å². The molecule has 21 heavy (non-hydrogen) atoms. The van der Waals surface area contributed by atoms with Gasteiger partial charge in [-0.3, -0.25) is 4.79 Å². The molecule has 0 aromatic carbocycles. The molecule has 1 aliphatic rings. The highest BCUT2D eigenvalue weighted by Crippen LogP contribution is 2.25. The topological polar surface area (TPSA) is 55.6 Å². The number of thiazole rings is 1. The molecule has 1 amide bonds. The van der Waals surface area contributed by atoms with Crippen LogP contribution in [-0.2, 0) is 15.3 Å². The lowest BCUT2D eigenvalue weighted by molar-refractivity contribution is -0.132. The molecule has 0 aliphatic carbocycles. The van der Waals surface area contributed by atoms with Gasteiger partial charge in [-0.15, -0.1) is 23.1 Å². The number of aromatic nitrogens is 1. The van der Waals surface area contributed by atoms with E-state index < -0.39 is 0 Å². The van der Waals surface area contributed by atoms with Crippen LogP contribution in [-0.4, -0.2) is 47.8 Å². The molecule has 2 aromatic rings. The Bertz CT molecular complexity index is 577. The van der Waals surface area contributed by atoms with E-state index in [-0.39, 0.29) is 5.91 Å². The highest BCUT2D eigenvalue weighted by Gasteiger charge is 2.16. The minimum absolute atomic E-state index is 0.185. The first-order chi connectivity index (χ1) is 10.3. The first-order valence-corrected chi connectivity index (χ1v) is 8.78. The third-order valence-corrected chi connectivity index (χ3v) is 4.98. The highest BCUT2D eigenvalue weighted by molar-refractivity contribution is 7.99. The Hall–Kier alpha value is -1.31. The van der Waals surface area contributed by atoms with Gasteiger partial charge < -0.3 is 14.1 Å². The average Bonchev–Trinajstić information content (AvgIpc) is 3.19. The van der Waals surface area contributed by atoms with Crippen LogP contribution in [0.15, 0.2) is 28.2 Å². The molecule has 112 valence electrons. The lowest BCUT2D eigenvalue weighted by atomic mass is 10.4. The number of carbonyl (C=O) groups excluding carboxylic acids is 1. The number of nitrogens with zero attached hydrogens (tertiary/aromatic N) is 2. The van der Waals surface area contributed by atoms with Crippen molar-refractivity contribution in [2.45, 2.75) is 5.75 Å². The summed E-state index contributed by atoms with van der Waals surface area (Å²) < 4.78 is 10.6. The maximum Gasteiger partial charge on any atom is 0.232 e. The standard InChI is InChI=1S/C14H16N2O3S2/c17-13(16-3-6-18-7-4-16)10-20-8-11-9-21-14(15-11)12-2-1-5-19-12/h1-2,5,9H,3-4,6-8,10H2. The number of hydrogen-bond acceptors (Lipinski definition) is 6. The van der Waals surface area contributed by atoms with Crippen molar-refractivity contribution in [3.05, 3.63) is 29.5 Å². The Labute approximate surface area is 131 Å². The Morgan fingerprint density at radius 3 is 3.05 bits per heavy atom. The maximum atomic E-state index is 12.0. The van der Waals surface area contributed by atoms with Gasteiger partial charge in [-0.25, -0.2) is 4.98 Å². The number of ether oxygens (including phenoxy) is 1. The first-order valence-electron chi connectivity index (χ1n) is 6.74. The molecule has 1 saturated heterocycles. The van der Waals surface area contributed by atoms with Crippen molar-refractivity contribution < 1.29 is 13.9 Å². The monoisotopic (exact) mass is 324 g/mol. The third-order valence-electron chi connectivity index (χ3n) is 3.12. The highest BCUT2D eigenvalue weighted by atomic mass is 32.2. The maximum absolute atomic E-state index is 12.0. The second-order valence-corrected chi connectivity index (χ2v) is 6.45. The van der Waals surface area contributed by atoms with E-state index in [1.54, 1.807) is 29.4 Å². The van der Waals surface area contributed by atoms with Gasteiger partial charge in [0.1, 0.15) is 0 Å². The summed E-state index contributed by atoms with van der Waals surface area (Å²) in [6.07, 6.45) is 1.64. The van der Waals surface area contributed by atoms with Crippen LogP contribution in [0.3, 0.4) is 0 Å². The summed E-state index contributed by atoms with van der Waals surface area (Å²) in [6.45, 7) is 2.71. The number of thioether (sulfide) groups is 1. The van der Waals surface area contributed by atoms with Gasteiger partial charge in [0.2, 0.25) is 5.91 Å². The van der Waals surface area contributed by atoms with Crippen molar-refractivity contribution in [1.29, 1.82) is 0 Å². The molecule has 0 spiro atoms. The molecule has 0 N–H and O–H groups in total. The summed E-state index contributed by atoms with van der Waals surface area (Å²) >= 11 is 3.16. The molecule has 1 fully saturated rings. The number of rotatable bonds is 5. The smallest absolute Gasteiger partial charge is 0.232 e. The molecule has 3 heterocycles. The van der Waals surface area contributed by atoms with Crippen molar-refractivity contribution in [2.24, 2.45) is 0 Å². The molecule has 0 bridgehead atoms. The van der Waals surface area contributed by atoms with Crippen LogP contribution in [0.25, 0.3) is 10.8 Å². The van der Waals surface area contributed by atoms with E-state index in [9.17, 15) is 4.79 Å². The normalized spacial score (nSPS) is 15.3. The summed E-state index contributed by atoms with van der Waals surface area (Å²) in [6, 6.07) is 3.75. The zero-order chi connectivity index (χ0) is 14.5. The molecule has 0 saturated carbocycles. The fourth-order valence-electron chi connectivity index (χ4n) is 2.03. The van der Waals surface area contributed by atoms with Crippen LogP contribution < -0.4 is 0 Å². The van der Waals surface area contributed by atoms with E-state index >= 15 is 0 Å². The molecule has 0 atom stereocenters. The molecule has 5 nitrogen and oxygen atoms in total. The van der Waals surface area contributed by atoms with E-state index in [0.717, 1.165) is 22.2 Å². The van der Waals surface area contributed by atoms with Gasteiger partial charge in [0.05, 0.1) is 30.9 Å². The fourth-order valence-corrected chi connectivity index (χ4v) is 3.74. The summed E-state index contributed by atoms with van der Waals surface area (Å²) in [5.74, 6) is 2.21. The minimum atomic E-state index is 0.185. The Morgan fingerprint density at radius 1 is 1.43 bits per heavy atom. The van der Waals surface area contributed by atoms with E-state index in [1.807, 2.05) is 22.4 Å². The molecule has 2 aromatic heterocycles. The number of hydrogen-bond donors (Lipinski definition) is 0. The summed E-state index contributed by atoms with van der Waals surface area (Å²) in [5.41, 5.74) is 0.992. The van der Waals surface area contributed by atoms with Crippen molar-refractivity contribution in [3.8, 4) is 10.8 Å².